The number of hydrogen-bond donors (Lipinski definition) is 0. The van der Waals surface area contributed by atoms with Gasteiger partial charge in [-0.3, -0.25) is 0 Å². The summed E-state index contributed by atoms with van der Waals surface area (Å²) < 4.78 is 17.9. The second-order valence-corrected chi connectivity index (χ2v) is 3.62. The third-order valence-electron chi connectivity index (χ3n) is 2.21. The van der Waals surface area contributed by atoms with Gasteiger partial charge in [0, 0.05) is 0 Å². The second kappa shape index (κ2) is 4.75. The highest BCUT2D eigenvalue weighted by atomic mass is 19.1. The van der Waals surface area contributed by atoms with Crippen LogP contribution < -0.4 is 0 Å². The van der Waals surface area contributed by atoms with E-state index in [0.29, 0.717) is 0 Å². The lowest BCUT2D eigenvalue weighted by atomic mass is 10.1. The van der Waals surface area contributed by atoms with Gasteiger partial charge in [-0.2, -0.15) is 5.26 Å². The monoisotopic (exact) mass is 221 g/mol. The lowest BCUT2D eigenvalue weighted by Crippen LogP contribution is -2.30. The predicted molar refractivity (Wildman–Crippen MR) is 56.1 cm³/mol. The maximum Gasteiger partial charge on any atom is 0.358 e. The van der Waals surface area contributed by atoms with E-state index in [1.165, 1.54) is 6.07 Å². The first-order chi connectivity index (χ1) is 7.47. The van der Waals surface area contributed by atoms with E-state index in [9.17, 15) is 9.18 Å². The summed E-state index contributed by atoms with van der Waals surface area (Å²) >= 11 is 0. The average molecular weight is 221 g/mol. The molecular formula is C12H12FNO2. The van der Waals surface area contributed by atoms with Crippen LogP contribution in [0.25, 0.3) is 0 Å². The Morgan fingerprint density at radius 1 is 1.56 bits per heavy atom. The molecule has 0 spiro atoms. The van der Waals surface area contributed by atoms with Crippen molar-refractivity contribution >= 4 is 5.97 Å². The summed E-state index contributed by atoms with van der Waals surface area (Å²) in [5.74, 6) is -1.15. The van der Waals surface area contributed by atoms with Crippen LogP contribution >= 0.6 is 0 Å². The summed E-state index contributed by atoms with van der Waals surface area (Å²) in [6.45, 7) is 2.72. The van der Waals surface area contributed by atoms with E-state index in [-0.39, 0.29) is 6.61 Å². The van der Waals surface area contributed by atoms with Gasteiger partial charge in [0.15, 0.2) is 0 Å². The fourth-order valence-corrected chi connectivity index (χ4v) is 1.10. The van der Waals surface area contributed by atoms with Crippen LogP contribution in [0.3, 0.4) is 0 Å². The summed E-state index contributed by atoms with van der Waals surface area (Å²) in [7, 11) is 0. The van der Waals surface area contributed by atoms with E-state index in [4.69, 9.17) is 10.00 Å². The van der Waals surface area contributed by atoms with Gasteiger partial charge >= 0.3 is 5.97 Å². The van der Waals surface area contributed by atoms with Gasteiger partial charge in [0.05, 0.1) is 0 Å². The Balaban J connectivity index is 2.64. The van der Waals surface area contributed by atoms with Gasteiger partial charge in [-0.05, 0) is 25.0 Å². The van der Waals surface area contributed by atoms with Crippen molar-refractivity contribution in [2.75, 3.05) is 0 Å². The fourth-order valence-electron chi connectivity index (χ4n) is 1.10. The normalized spacial score (nSPS) is 13.6. The lowest BCUT2D eigenvalue weighted by Gasteiger charge is -2.11. The maximum atomic E-state index is 13.2. The first-order valence-electron chi connectivity index (χ1n) is 4.79. The second-order valence-electron chi connectivity index (χ2n) is 3.62. The van der Waals surface area contributed by atoms with Crippen molar-refractivity contribution in [2.45, 2.75) is 26.1 Å². The molecule has 0 aliphatic rings. The number of alkyl halides is 1. The largest absolute Gasteiger partial charge is 0.458 e. The Morgan fingerprint density at radius 2 is 2.19 bits per heavy atom. The highest BCUT2D eigenvalue weighted by Gasteiger charge is 2.34. The van der Waals surface area contributed by atoms with Crippen LogP contribution in [0.15, 0.2) is 24.3 Å². The van der Waals surface area contributed by atoms with Crippen molar-refractivity contribution in [2.24, 2.45) is 0 Å². The first-order valence-corrected chi connectivity index (χ1v) is 4.79. The van der Waals surface area contributed by atoms with Crippen LogP contribution in [0.4, 0.5) is 4.39 Å². The van der Waals surface area contributed by atoms with Crippen molar-refractivity contribution in [1.29, 1.82) is 5.26 Å². The molecule has 4 heteroatoms. The molecule has 0 aliphatic heterocycles. The van der Waals surface area contributed by atoms with Gasteiger partial charge in [-0.15, -0.1) is 0 Å². The molecule has 3 nitrogen and oxygen atoms in total. The maximum absolute atomic E-state index is 13.2. The minimum atomic E-state index is -2.58. The van der Waals surface area contributed by atoms with Gasteiger partial charge in [0.2, 0.25) is 0 Å². The number of carbonyl (C=O) groups excluding carboxylic acids is 1. The van der Waals surface area contributed by atoms with Gasteiger partial charge in [-0.25, -0.2) is 9.18 Å². The minimum Gasteiger partial charge on any atom is -0.458 e. The minimum absolute atomic E-state index is 0.0211. The number of halogens is 1. The molecule has 0 bridgehead atoms. The summed E-state index contributed by atoms with van der Waals surface area (Å²) in [4.78, 5) is 11.2. The zero-order chi connectivity index (χ0) is 12.2. The van der Waals surface area contributed by atoms with E-state index in [1.807, 2.05) is 19.1 Å². The van der Waals surface area contributed by atoms with E-state index in [0.717, 1.165) is 18.1 Å². The highest BCUT2D eigenvalue weighted by molar-refractivity contribution is 5.82. The Bertz CT molecular complexity index is 435. The van der Waals surface area contributed by atoms with Gasteiger partial charge in [0.1, 0.15) is 12.7 Å². The van der Waals surface area contributed by atoms with Crippen molar-refractivity contribution in [3.63, 3.8) is 0 Å². The molecule has 0 fully saturated rings. The van der Waals surface area contributed by atoms with Gasteiger partial charge < -0.3 is 4.74 Å². The molecule has 0 amide bonds. The van der Waals surface area contributed by atoms with Crippen LogP contribution in [0.1, 0.15) is 18.1 Å². The molecule has 1 unspecified atom stereocenters. The Morgan fingerprint density at radius 3 is 2.75 bits per heavy atom. The number of ether oxygens (including phenoxy) is 1. The van der Waals surface area contributed by atoms with Crippen molar-refractivity contribution < 1.29 is 13.9 Å². The smallest absolute Gasteiger partial charge is 0.358 e. The zero-order valence-corrected chi connectivity index (χ0v) is 9.16. The number of esters is 1. The van der Waals surface area contributed by atoms with Crippen LogP contribution in [0, 0.1) is 18.3 Å². The van der Waals surface area contributed by atoms with E-state index in [2.05, 4.69) is 0 Å². The third kappa shape index (κ3) is 2.80. The molecule has 1 atom stereocenters. The predicted octanol–water partition coefficient (Wildman–Crippen LogP) is 2.29. The Labute approximate surface area is 93.5 Å². The number of nitriles is 1. The summed E-state index contributed by atoms with van der Waals surface area (Å²) in [6.07, 6.45) is 0. The molecule has 16 heavy (non-hydrogen) atoms. The summed E-state index contributed by atoms with van der Waals surface area (Å²) in [5, 5.41) is 8.39. The van der Waals surface area contributed by atoms with Crippen LogP contribution in [-0.2, 0) is 16.1 Å². The highest BCUT2D eigenvalue weighted by Crippen LogP contribution is 2.14. The molecule has 0 N–H and O–H groups in total. The Hall–Kier alpha value is -1.89. The molecule has 0 heterocycles. The van der Waals surface area contributed by atoms with Crippen molar-refractivity contribution in [3.8, 4) is 6.07 Å². The first kappa shape index (κ1) is 12.2. The van der Waals surface area contributed by atoms with E-state index < -0.39 is 11.6 Å². The SMILES string of the molecule is Cc1ccccc1COC(=O)C(C)(F)C#N. The number of aryl methyl sites for hydroxylation is 1. The van der Waals surface area contributed by atoms with Crippen LogP contribution in [-0.4, -0.2) is 11.6 Å². The Kier molecular flexibility index (Phi) is 3.62. The van der Waals surface area contributed by atoms with Crippen molar-refractivity contribution in [1.82, 2.24) is 0 Å². The number of hydrogen-bond acceptors (Lipinski definition) is 3. The standard InChI is InChI=1S/C12H12FNO2/c1-9-5-3-4-6-10(9)7-16-11(15)12(2,13)8-14/h3-6H,7H2,1-2H3. The molecule has 84 valence electrons. The molecule has 0 saturated carbocycles. The van der Waals surface area contributed by atoms with E-state index in [1.54, 1.807) is 12.1 Å². The molecular weight excluding hydrogens is 209 g/mol. The fraction of sp³-hybridized carbons (Fsp3) is 0.333. The topological polar surface area (TPSA) is 50.1 Å². The van der Waals surface area contributed by atoms with Gasteiger partial charge in [0.25, 0.3) is 5.67 Å². The summed E-state index contributed by atoms with van der Waals surface area (Å²) in [5.41, 5.74) is -0.833. The van der Waals surface area contributed by atoms with Gasteiger partial charge in [-0.1, -0.05) is 24.3 Å². The molecule has 1 aromatic carbocycles. The summed E-state index contributed by atoms with van der Waals surface area (Å²) in [6, 6.07) is 8.55. The number of benzene rings is 1. The third-order valence-corrected chi connectivity index (χ3v) is 2.21. The van der Waals surface area contributed by atoms with Crippen LogP contribution in [0.2, 0.25) is 0 Å². The molecule has 1 aromatic rings. The molecule has 0 saturated heterocycles. The van der Waals surface area contributed by atoms with E-state index >= 15 is 0 Å². The molecule has 0 radical (unpaired) electrons. The van der Waals surface area contributed by atoms with Crippen LogP contribution in [0.5, 0.6) is 0 Å². The molecule has 1 rings (SSSR count). The molecule has 0 aliphatic carbocycles. The number of carbonyl (C=O) groups is 1. The average Bonchev–Trinajstić information content (AvgIpc) is 2.27. The lowest BCUT2D eigenvalue weighted by molar-refractivity contribution is -0.154. The zero-order valence-electron chi connectivity index (χ0n) is 9.16. The number of rotatable bonds is 3. The van der Waals surface area contributed by atoms with Crippen molar-refractivity contribution in [3.05, 3.63) is 35.4 Å². The number of nitrogens with zero attached hydrogens (tertiary/aromatic N) is 1. The molecule has 0 aromatic heterocycles. The quantitative estimate of drug-likeness (QED) is 0.736.